The molecular weight excluding hydrogens is 304 g/mol. The first-order chi connectivity index (χ1) is 11.4. The van der Waals surface area contributed by atoms with Gasteiger partial charge in [0.05, 0.1) is 0 Å². The molecule has 0 aromatic heterocycles. The normalized spacial score (nSPS) is 13.1. The summed E-state index contributed by atoms with van der Waals surface area (Å²) in [6, 6.07) is 22.4. The summed E-state index contributed by atoms with van der Waals surface area (Å²) >= 11 is 0. The van der Waals surface area contributed by atoms with Gasteiger partial charge in [0.15, 0.2) is 0 Å². The molecule has 128 valence electrons. The van der Waals surface area contributed by atoms with Crippen LogP contribution in [-0.4, -0.2) is 8.07 Å². The first-order valence-electron chi connectivity index (χ1n) is 9.21. The highest BCUT2D eigenvalue weighted by Gasteiger charge is 2.45. The molecule has 0 amide bonds. The lowest BCUT2D eigenvalue weighted by molar-refractivity contribution is 0.736. The van der Waals surface area contributed by atoms with Crippen molar-refractivity contribution in [2.24, 2.45) is 0 Å². The molecule has 0 nitrogen and oxygen atoms in total. The van der Waals surface area contributed by atoms with Gasteiger partial charge in [0, 0.05) is 0 Å². The third-order valence-corrected chi connectivity index (χ3v) is 10.8. The minimum Gasteiger partial charge on any atom is -0.0865 e. The third-order valence-electron chi connectivity index (χ3n) is 5.03. The SMILES string of the molecule is CCCC/C(C)=C/[Si](c1ccccc1)(c1ccccc1)C(C)(C)C. The van der Waals surface area contributed by atoms with Crippen LogP contribution in [0, 0.1) is 0 Å². The van der Waals surface area contributed by atoms with E-state index in [1.807, 2.05) is 0 Å². The van der Waals surface area contributed by atoms with Crippen molar-refractivity contribution >= 4 is 18.4 Å². The average Bonchev–Trinajstić information content (AvgIpc) is 2.58. The molecule has 0 N–H and O–H groups in total. The van der Waals surface area contributed by atoms with Gasteiger partial charge < -0.3 is 0 Å². The second-order valence-corrected chi connectivity index (χ2v) is 12.4. The zero-order valence-electron chi connectivity index (χ0n) is 16.0. The number of hydrogen-bond acceptors (Lipinski definition) is 0. The molecule has 0 spiro atoms. The Bertz CT molecular complexity index is 608. The molecule has 0 radical (unpaired) electrons. The highest BCUT2D eigenvalue weighted by Crippen LogP contribution is 2.37. The van der Waals surface area contributed by atoms with Crippen molar-refractivity contribution < 1.29 is 0 Å². The van der Waals surface area contributed by atoms with Crippen LogP contribution >= 0.6 is 0 Å². The molecule has 0 bridgehead atoms. The molecule has 2 rings (SSSR count). The topological polar surface area (TPSA) is 0 Å². The summed E-state index contributed by atoms with van der Waals surface area (Å²) in [7, 11) is -2.02. The molecule has 0 aliphatic carbocycles. The van der Waals surface area contributed by atoms with Crippen LogP contribution in [0.25, 0.3) is 0 Å². The maximum absolute atomic E-state index is 2.67. The largest absolute Gasteiger partial charge is 0.146 e. The molecular formula is C23H32Si. The average molecular weight is 337 g/mol. The minimum atomic E-state index is -2.02. The Morgan fingerprint density at radius 1 is 0.875 bits per heavy atom. The molecule has 24 heavy (non-hydrogen) atoms. The van der Waals surface area contributed by atoms with Crippen LogP contribution in [0.4, 0.5) is 0 Å². The van der Waals surface area contributed by atoms with Gasteiger partial charge in [-0.15, -0.1) is 0 Å². The number of rotatable bonds is 6. The summed E-state index contributed by atoms with van der Waals surface area (Å²) in [5.74, 6) is 0. The van der Waals surface area contributed by atoms with E-state index < -0.39 is 8.07 Å². The van der Waals surface area contributed by atoms with Gasteiger partial charge in [-0.3, -0.25) is 0 Å². The Morgan fingerprint density at radius 2 is 1.33 bits per heavy atom. The lowest BCUT2D eigenvalue weighted by atomic mass is 10.2. The smallest absolute Gasteiger partial charge is 0.0865 e. The Labute approximate surface area is 149 Å². The van der Waals surface area contributed by atoms with Crippen molar-refractivity contribution in [1.29, 1.82) is 0 Å². The van der Waals surface area contributed by atoms with Crippen LogP contribution in [0.1, 0.15) is 53.9 Å². The van der Waals surface area contributed by atoms with Crippen LogP contribution in [0.5, 0.6) is 0 Å². The van der Waals surface area contributed by atoms with Crippen molar-refractivity contribution in [3.05, 3.63) is 71.9 Å². The summed E-state index contributed by atoms with van der Waals surface area (Å²) in [6.45, 7) is 11.9. The Hall–Kier alpha value is -1.60. The van der Waals surface area contributed by atoms with Crippen molar-refractivity contribution in [1.82, 2.24) is 0 Å². The Morgan fingerprint density at radius 3 is 1.71 bits per heavy atom. The van der Waals surface area contributed by atoms with Gasteiger partial charge in [-0.05, 0) is 35.2 Å². The maximum atomic E-state index is 2.67. The summed E-state index contributed by atoms with van der Waals surface area (Å²) in [4.78, 5) is 0. The molecule has 1 heteroatoms. The maximum Gasteiger partial charge on any atom is 0.146 e. The minimum absolute atomic E-state index is 0.211. The number of allylic oxidation sites excluding steroid dienone is 1. The third kappa shape index (κ3) is 3.89. The fourth-order valence-electron chi connectivity index (χ4n) is 3.72. The van der Waals surface area contributed by atoms with E-state index in [0.717, 1.165) is 0 Å². The molecule has 0 fully saturated rings. The summed E-state index contributed by atoms with van der Waals surface area (Å²) in [5, 5.41) is 3.24. The Balaban J connectivity index is 2.71. The predicted octanol–water partition coefficient (Wildman–Crippen LogP) is 5.73. The molecule has 0 aliphatic rings. The van der Waals surface area contributed by atoms with E-state index in [1.54, 1.807) is 5.57 Å². The number of benzene rings is 2. The monoisotopic (exact) mass is 336 g/mol. The lowest BCUT2D eigenvalue weighted by Gasteiger charge is -2.42. The molecule has 0 saturated carbocycles. The van der Waals surface area contributed by atoms with Gasteiger partial charge in [0.2, 0.25) is 0 Å². The van der Waals surface area contributed by atoms with Crippen LogP contribution in [-0.2, 0) is 0 Å². The molecule has 0 saturated heterocycles. The highest BCUT2D eigenvalue weighted by molar-refractivity contribution is 7.07. The fraction of sp³-hybridized carbons (Fsp3) is 0.391. The summed E-state index contributed by atoms with van der Waals surface area (Å²) in [6.07, 6.45) is 3.74. The van der Waals surface area contributed by atoms with Crippen molar-refractivity contribution in [2.45, 2.75) is 58.9 Å². The van der Waals surface area contributed by atoms with Gasteiger partial charge in [-0.25, -0.2) is 0 Å². The molecule has 0 heterocycles. The van der Waals surface area contributed by atoms with Crippen LogP contribution in [0.3, 0.4) is 0 Å². The van der Waals surface area contributed by atoms with Crippen LogP contribution in [0.15, 0.2) is 71.9 Å². The van der Waals surface area contributed by atoms with E-state index in [1.165, 1.54) is 29.6 Å². The van der Waals surface area contributed by atoms with Crippen LogP contribution in [0.2, 0.25) is 5.04 Å². The Kier molecular flexibility index (Phi) is 6.23. The zero-order chi connectivity index (χ0) is 17.6. The zero-order valence-corrected chi connectivity index (χ0v) is 17.0. The molecule has 0 aliphatic heterocycles. The quantitative estimate of drug-likeness (QED) is 0.591. The van der Waals surface area contributed by atoms with Crippen molar-refractivity contribution in [2.75, 3.05) is 0 Å². The van der Waals surface area contributed by atoms with Gasteiger partial charge in [0.1, 0.15) is 8.07 Å². The summed E-state index contributed by atoms with van der Waals surface area (Å²) in [5.41, 5.74) is 4.22. The molecule has 0 atom stereocenters. The van der Waals surface area contributed by atoms with Crippen molar-refractivity contribution in [3.8, 4) is 0 Å². The lowest BCUT2D eigenvalue weighted by Crippen LogP contribution is -2.63. The highest BCUT2D eigenvalue weighted by atomic mass is 28.3. The van der Waals surface area contributed by atoms with Gasteiger partial charge >= 0.3 is 0 Å². The predicted molar refractivity (Wildman–Crippen MR) is 111 cm³/mol. The van der Waals surface area contributed by atoms with Crippen LogP contribution < -0.4 is 10.4 Å². The first kappa shape index (κ1) is 18.7. The standard InChI is InChI=1S/C23H32Si/c1-6-7-14-20(2)19-24(23(3,4)5,21-15-10-8-11-16-21)22-17-12-9-13-18-22/h8-13,15-19H,6-7,14H2,1-5H3/b20-19+. The molecule has 2 aromatic rings. The van der Waals surface area contributed by atoms with E-state index >= 15 is 0 Å². The van der Waals surface area contributed by atoms with E-state index in [0.29, 0.717) is 0 Å². The number of hydrogen-bond donors (Lipinski definition) is 0. The second kappa shape index (κ2) is 7.98. The van der Waals surface area contributed by atoms with Gasteiger partial charge in [-0.2, -0.15) is 0 Å². The number of unbranched alkanes of at least 4 members (excludes halogenated alkanes) is 1. The van der Waals surface area contributed by atoms with E-state index in [4.69, 9.17) is 0 Å². The fourth-order valence-corrected chi connectivity index (χ4v) is 8.87. The van der Waals surface area contributed by atoms with Crippen molar-refractivity contribution in [3.63, 3.8) is 0 Å². The first-order valence-corrected chi connectivity index (χ1v) is 11.3. The summed E-state index contributed by atoms with van der Waals surface area (Å²) < 4.78 is 0. The molecule has 0 unspecified atom stereocenters. The van der Waals surface area contributed by atoms with E-state index in [9.17, 15) is 0 Å². The van der Waals surface area contributed by atoms with Gasteiger partial charge in [0.25, 0.3) is 0 Å². The molecule has 2 aromatic carbocycles. The van der Waals surface area contributed by atoms with E-state index in [-0.39, 0.29) is 5.04 Å². The van der Waals surface area contributed by atoms with Gasteiger partial charge in [-0.1, -0.05) is 106 Å². The van der Waals surface area contributed by atoms with E-state index in [2.05, 4.69) is 101 Å². The second-order valence-electron chi connectivity index (χ2n) is 7.88.